The number of nitro groups is 1. The van der Waals surface area contributed by atoms with Gasteiger partial charge in [0.15, 0.2) is 0 Å². The molecule has 0 aliphatic carbocycles. The van der Waals surface area contributed by atoms with E-state index >= 15 is 0 Å². The lowest BCUT2D eigenvalue weighted by Gasteiger charge is -2.29. The third-order valence-corrected chi connectivity index (χ3v) is 3.74. The first-order chi connectivity index (χ1) is 9.15. The molecule has 0 atom stereocenters. The van der Waals surface area contributed by atoms with Gasteiger partial charge in [0.2, 0.25) is 0 Å². The third kappa shape index (κ3) is 3.69. The number of hydrogen-bond donors (Lipinski definition) is 2. The number of benzene rings is 1. The number of carboxylic acid groups (broad SMARTS) is 1. The summed E-state index contributed by atoms with van der Waals surface area (Å²) in [5.74, 6) is -0.720. The molecule has 0 saturated heterocycles. The summed E-state index contributed by atoms with van der Waals surface area (Å²) in [6.45, 7) is 8.78. The van der Waals surface area contributed by atoms with Crippen molar-refractivity contribution in [2.45, 2.75) is 27.7 Å². The van der Waals surface area contributed by atoms with Crippen molar-refractivity contribution < 1.29 is 14.8 Å². The van der Waals surface area contributed by atoms with Gasteiger partial charge in [0.05, 0.1) is 10.5 Å². The van der Waals surface area contributed by atoms with E-state index in [4.69, 9.17) is 5.11 Å². The van der Waals surface area contributed by atoms with Gasteiger partial charge in [-0.2, -0.15) is 0 Å². The molecule has 6 heteroatoms. The number of carboxylic acids is 1. The second-order valence-electron chi connectivity index (χ2n) is 5.79. The van der Waals surface area contributed by atoms with Crippen molar-refractivity contribution >= 4 is 17.3 Å². The second kappa shape index (κ2) is 5.90. The fraction of sp³-hybridized carbons (Fsp3) is 0.500. The predicted molar refractivity (Wildman–Crippen MR) is 77.2 cm³/mol. The lowest BCUT2D eigenvalue weighted by Crippen LogP contribution is -2.28. The number of nitrogens with zero attached hydrogens (tertiary/aromatic N) is 1. The average molecular weight is 280 g/mol. The zero-order chi connectivity index (χ0) is 15.5. The molecule has 0 bridgehead atoms. The van der Waals surface area contributed by atoms with Crippen molar-refractivity contribution in [2.24, 2.45) is 11.3 Å². The van der Waals surface area contributed by atoms with E-state index in [0.717, 1.165) is 0 Å². The first-order valence-electron chi connectivity index (χ1n) is 6.41. The fourth-order valence-corrected chi connectivity index (χ4v) is 1.50. The lowest BCUT2D eigenvalue weighted by atomic mass is 9.81. The molecule has 0 spiro atoms. The van der Waals surface area contributed by atoms with Crippen LogP contribution < -0.4 is 5.32 Å². The molecule has 1 aromatic carbocycles. The maximum Gasteiger partial charge on any atom is 0.335 e. The van der Waals surface area contributed by atoms with Gasteiger partial charge in [0.25, 0.3) is 5.69 Å². The van der Waals surface area contributed by atoms with E-state index in [2.05, 4.69) is 33.0 Å². The summed E-state index contributed by atoms with van der Waals surface area (Å²) in [5, 5.41) is 22.9. The van der Waals surface area contributed by atoms with Crippen LogP contribution in [0.25, 0.3) is 0 Å². The molecule has 110 valence electrons. The van der Waals surface area contributed by atoms with Gasteiger partial charge in [0.1, 0.15) is 5.69 Å². The predicted octanol–water partition coefficient (Wildman–Crippen LogP) is 3.39. The molecule has 0 unspecified atom stereocenters. The number of nitrogens with one attached hydrogen (secondary N) is 1. The maximum atomic E-state index is 11.0. The van der Waals surface area contributed by atoms with Crippen LogP contribution in [-0.2, 0) is 0 Å². The number of rotatable bonds is 6. The van der Waals surface area contributed by atoms with Gasteiger partial charge in [0, 0.05) is 12.6 Å². The Balaban J connectivity index is 3.05. The van der Waals surface area contributed by atoms with E-state index in [1.807, 2.05) is 0 Å². The Labute approximate surface area is 118 Å². The molecule has 0 aliphatic rings. The van der Waals surface area contributed by atoms with Gasteiger partial charge >= 0.3 is 5.97 Å². The largest absolute Gasteiger partial charge is 0.478 e. The highest BCUT2D eigenvalue weighted by molar-refractivity contribution is 5.90. The summed E-state index contributed by atoms with van der Waals surface area (Å²) in [5.41, 5.74) is 0.0891. The molecule has 0 heterocycles. The van der Waals surface area contributed by atoms with Crippen LogP contribution in [0.4, 0.5) is 11.4 Å². The molecule has 0 radical (unpaired) electrons. The first-order valence-corrected chi connectivity index (χ1v) is 6.41. The quantitative estimate of drug-likeness (QED) is 0.615. The topological polar surface area (TPSA) is 92.5 Å². The van der Waals surface area contributed by atoms with Gasteiger partial charge in [-0.15, -0.1) is 0 Å². The van der Waals surface area contributed by atoms with Crippen LogP contribution in [0.2, 0.25) is 0 Å². The number of nitro benzene ring substituents is 1. The summed E-state index contributed by atoms with van der Waals surface area (Å²) >= 11 is 0. The average Bonchev–Trinajstić information content (AvgIpc) is 2.35. The summed E-state index contributed by atoms with van der Waals surface area (Å²) in [6, 6.07) is 3.75. The van der Waals surface area contributed by atoms with E-state index in [1.165, 1.54) is 18.2 Å². The van der Waals surface area contributed by atoms with Crippen LogP contribution in [0.15, 0.2) is 18.2 Å². The molecule has 20 heavy (non-hydrogen) atoms. The van der Waals surface area contributed by atoms with Crippen LogP contribution >= 0.6 is 0 Å². The highest BCUT2D eigenvalue weighted by Crippen LogP contribution is 2.30. The van der Waals surface area contributed by atoms with Crippen molar-refractivity contribution in [3.63, 3.8) is 0 Å². The minimum absolute atomic E-state index is 0.0282. The number of carbonyl (C=O) groups is 1. The number of hydrogen-bond acceptors (Lipinski definition) is 4. The van der Waals surface area contributed by atoms with Crippen LogP contribution in [0.3, 0.4) is 0 Å². The van der Waals surface area contributed by atoms with Gasteiger partial charge in [-0.1, -0.05) is 27.7 Å². The Morgan fingerprint density at radius 2 is 2.05 bits per heavy atom. The Kier molecular flexibility index (Phi) is 4.70. The van der Waals surface area contributed by atoms with E-state index < -0.39 is 10.9 Å². The zero-order valence-corrected chi connectivity index (χ0v) is 12.1. The lowest BCUT2D eigenvalue weighted by molar-refractivity contribution is -0.384. The molecular formula is C14H20N2O4. The van der Waals surface area contributed by atoms with E-state index in [9.17, 15) is 14.9 Å². The highest BCUT2D eigenvalue weighted by Gasteiger charge is 2.24. The van der Waals surface area contributed by atoms with Crippen LogP contribution in [0, 0.1) is 21.4 Å². The highest BCUT2D eigenvalue weighted by atomic mass is 16.6. The third-order valence-electron chi connectivity index (χ3n) is 3.74. The molecule has 6 nitrogen and oxygen atoms in total. The summed E-state index contributed by atoms with van der Waals surface area (Å²) in [4.78, 5) is 21.4. The molecule has 1 rings (SSSR count). The molecule has 0 fully saturated rings. The summed E-state index contributed by atoms with van der Waals surface area (Å²) < 4.78 is 0. The van der Waals surface area contributed by atoms with Crippen molar-refractivity contribution in [2.75, 3.05) is 11.9 Å². The Hall–Kier alpha value is -2.11. The van der Waals surface area contributed by atoms with Crippen molar-refractivity contribution in [1.29, 1.82) is 0 Å². The second-order valence-corrected chi connectivity index (χ2v) is 5.79. The molecule has 0 amide bonds. The molecule has 0 aliphatic heterocycles. The first kappa shape index (κ1) is 15.9. The normalized spacial score (nSPS) is 11.4. The van der Waals surface area contributed by atoms with E-state index in [0.29, 0.717) is 12.5 Å². The van der Waals surface area contributed by atoms with E-state index in [1.54, 1.807) is 0 Å². The minimum atomic E-state index is -1.11. The molecule has 0 saturated carbocycles. The monoisotopic (exact) mass is 280 g/mol. The summed E-state index contributed by atoms with van der Waals surface area (Å²) in [7, 11) is 0. The molecular weight excluding hydrogens is 260 g/mol. The van der Waals surface area contributed by atoms with Gasteiger partial charge in [-0.3, -0.25) is 10.1 Å². The van der Waals surface area contributed by atoms with Gasteiger partial charge in [-0.05, 0) is 23.5 Å². The van der Waals surface area contributed by atoms with E-state index in [-0.39, 0.29) is 22.4 Å². The Morgan fingerprint density at radius 1 is 1.45 bits per heavy atom. The maximum absolute atomic E-state index is 11.0. The molecule has 2 N–H and O–H groups in total. The summed E-state index contributed by atoms with van der Waals surface area (Å²) in [6.07, 6.45) is 0. The van der Waals surface area contributed by atoms with Crippen LogP contribution in [0.5, 0.6) is 0 Å². The Bertz CT molecular complexity index is 524. The zero-order valence-electron chi connectivity index (χ0n) is 12.1. The SMILES string of the molecule is CC(C)C(C)(C)CNc1cc(C(=O)O)ccc1[N+](=O)[O-]. The van der Waals surface area contributed by atoms with Gasteiger partial charge < -0.3 is 10.4 Å². The molecule has 1 aromatic rings. The van der Waals surface area contributed by atoms with Crippen molar-refractivity contribution in [3.05, 3.63) is 33.9 Å². The van der Waals surface area contributed by atoms with Crippen molar-refractivity contribution in [3.8, 4) is 0 Å². The Morgan fingerprint density at radius 3 is 2.50 bits per heavy atom. The smallest absolute Gasteiger partial charge is 0.335 e. The standard InChI is InChI=1S/C14H20N2O4/c1-9(2)14(3,4)8-15-11-7-10(13(17)18)5-6-12(11)16(19)20/h5-7,9,15H,8H2,1-4H3,(H,17,18). The number of anilines is 1. The van der Waals surface area contributed by atoms with Crippen molar-refractivity contribution in [1.82, 2.24) is 0 Å². The van der Waals surface area contributed by atoms with Crippen LogP contribution in [0.1, 0.15) is 38.1 Å². The minimum Gasteiger partial charge on any atom is -0.478 e. The molecule has 0 aromatic heterocycles. The fourth-order valence-electron chi connectivity index (χ4n) is 1.50. The van der Waals surface area contributed by atoms with Gasteiger partial charge in [-0.25, -0.2) is 4.79 Å². The van der Waals surface area contributed by atoms with Crippen LogP contribution in [-0.4, -0.2) is 22.5 Å². The number of aromatic carboxylic acids is 1.